The Balaban J connectivity index is 1.82. The molecule has 0 radical (unpaired) electrons. The lowest BCUT2D eigenvalue weighted by Crippen LogP contribution is -2.11. The summed E-state index contributed by atoms with van der Waals surface area (Å²) in [5, 5.41) is 0. The lowest BCUT2D eigenvalue weighted by molar-refractivity contribution is 0.222. The van der Waals surface area contributed by atoms with Crippen molar-refractivity contribution in [3.05, 3.63) is 54.6 Å². The molecule has 5 nitrogen and oxygen atoms in total. The summed E-state index contributed by atoms with van der Waals surface area (Å²) in [7, 11) is -3.42. The van der Waals surface area contributed by atoms with Crippen LogP contribution in [0, 0.1) is 0 Å². The van der Waals surface area contributed by atoms with Crippen LogP contribution in [-0.2, 0) is 14.3 Å². The van der Waals surface area contributed by atoms with Crippen LogP contribution in [0.25, 0.3) is 0 Å². The predicted molar refractivity (Wildman–Crippen MR) is 79.2 cm³/mol. The Hall–Kier alpha value is -2.05. The summed E-state index contributed by atoms with van der Waals surface area (Å²) in [5.74, 6) is 2.07. The molecule has 2 rings (SSSR count). The molecule has 0 fully saturated rings. The zero-order valence-electron chi connectivity index (χ0n) is 11.6. The zero-order chi connectivity index (χ0) is 15.1. The SMILES string of the molecule is CS(=O)(=O)OCCOc1ccc(Oc2ccccc2)cc1. The van der Waals surface area contributed by atoms with Crippen LogP contribution in [0.1, 0.15) is 0 Å². The molecular formula is C15H16O5S. The average Bonchev–Trinajstić information content (AvgIpc) is 2.45. The van der Waals surface area contributed by atoms with Gasteiger partial charge in [-0.2, -0.15) is 8.42 Å². The number of rotatable bonds is 7. The number of hydrogen-bond acceptors (Lipinski definition) is 5. The van der Waals surface area contributed by atoms with Crippen molar-refractivity contribution in [2.45, 2.75) is 0 Å². The van der Waals surface area contributed by atoms with Gasteiger partial charge in [-0.3, -0.25) is 4.18 Å². The van der Waals surface area contributed by atoms with Gasteiger partial charge in [0.05, 0.1) is 6.26 Å². The standard InChI is InChI=1S/C15H16O5S/c1-21(16,17)19-12-11-18-13-7-9-15(10-8-13)20-14-5-3-2-4-6-14/h2-10H,11-12H2,1H3. The molecule has 0 unspecified atom stereocenters. The summed E-state index contributed by atoms with van der Waals surface area (Å²) < 4.78 is 37.1. The van der Waals surface area contributed by atoms with E-state index in [1.54, 1.807) is 24.3 Å². The molecule has 21 heavy (non-hydrogen) atoms. The van der Waals surface area contributed by atoms with E-state index in [2.05, 4.69) is 4.18 Å². The molecule has 112 valence electrons. The highest BCUT2D eigenvalue weighted by molar-refractivity contribution is 7.85. The van der Waals surface area contributed by atoms with E-state index in [1.807, 2.05) is 30.3 Å². The number of hydrogen-bond donors (Lipinski definition) is 0. The molecule has 0 bridgehead atoms. The summed E-state index contributed by atoms with van der Waals surface area (Å²) in [4.78, 5) is 0. The Morgan fingerprint density at radius 1 is 0.810 bits per heavy atom. The molecule has 0 spiro atoms. The van der Waals surface area contributed by atoms with Crippen LogP contribution in [0.2, 0.25) is 0 Å². The molecule has 0 aliphatic heterocycles. The van der Waals surface area contributed by atoms with Crippen LogP contribution in [0.5, 0.6) is 17.2 Å². The fourth-order valence-electron chi connectivity index (χ4n) is 1.57. The molecule has 0 atom stereocenters. The average molecular weight is 308 g/mol. The van der Waals surface area contributed by atoms with Crippen molar-refractivity contribution in [3.63, 3.8) is 0 Å². The smallest absolute Gasteiger partial charge is 0.264 e. The van der Waals surface area contributed by atoms with Crippen molar-refractivity contribution in [3.8, 4) is 17.2 Å². The van der Waals surface area contributed by atoms with E-state index in [1.165, 1.54) is 0 Å². The van der Waals surface area contributed by atoms with E-state index in [4.69, 9.17) is 9.47 Å². The summed E-state index contributed by atoms with van der Waals surface area (Å²) >= 11 is 0. The third kappa shape index (κ3) is 5.85. The van der Waals surface area contributed by atoms with Crippen LogP contribution < -0.4 is 9.47 Å². The van der Waals surface area contributed by atoms with Gasteiger partial charge in [-0.25, -0.2) is 0 Å². The van der Waals surface area contributed by atoms with Crippen LogP contribution in [0.15, 0.2) is 54.6 Å². The van der Waals surface area contributed by atoms with Gasteiger partial charge in [0.15, 0.2) is 0 Å². The summed E-state index contributed by atoms with van der Waals surface area (Å²) in [6.45, 7) is 0.146. The molecule has 0 saturated carbocycles. The Morgan fingerprint density at radius 3 is 2.00 bits per heavy atom. The van der Waals surface area contributed by atoms with E-state index >= 15 is 0 Å². The van der Waals surface area contributed by atoms with E-state index in [0.29, 0.717) is 11.5 Å². The van der Waals surface area contributed by atoms with Gasteiger partial charge in [-0.05, 0) is 36.4 Å². The second-order valence-corrected chi connectivity index (χ2v) is 5.91. The predicted octanol–water partition coefficient (Wildman–Crippen LogP) is 2.83. The largest absolute Gasteiger partial charge is 0.491 e. The van der Waals surface area contributed by atoms with Gasteiger partial charge >= 0.3 is 0 Å². The molecule has 0 aliphatic rings. The first-order valence-corrected chi connectivity index (χ1v) is 8.15. The third-order valence-electron chi connectivity index (χ3n) is 2.45. The summed E-state index contributed by atoms with van der Waals surface area (Å²) in [5.41, 5.74) is 0. The minimum Gasteiger partial charge on any atom is -0.491 e. The maximum absolute atomic E-state index is 10.8. The van der Waals surface area contributed by atoms with Gasteiger partial charge in [0.1, 0.15) is 30.5 Å². The highest BCUT2D eigenvalue weighted by atomic mass is 32.2. The zero-order valence-corrected chi connectivity index (χ0v) is 12.4. The molecule has 0 aliphatic carbocycles. The minimum absolute atomic E-state index is 0.0128. The molecule has 2 aromatic rings. The fraction of sp³-hybridized carbons (Fsp3) is 0.200. The Bertz CT molecular complexity index is 650. The first-order valence-electron chi connectivity index (χ1n) is 6.33. The van der Waals surface area contributed by atoms with Gasteiger partial charge in [-0.1, -0.05) is 18.2 Å². The van der Waals surface area contributed by atoms with Crippen molar-refractivity contribution in [2.75, 3.05) is 19.5 Å². The van der Waals surface area contributed by atoms with Crippen molar-refractivity contribution < 1.29 is 22.1 Å². The Kier molecular flexibility index (Phi) is 5.19. The summed E-state index contributed by atoms with van der Waals surface area (Å²) in [6.07, 6.45) is 1.00. The molecule has 0 saturated heterocycles. The molecule has 0 heterocycles. The van der Waals surface area contributed by atoms with Gasteiger partial charge in [0, 0.05) is 0 Å². The van der Waals surface area contributed by atoms with E-state index in [9.17, 15) is 8.42 Å². The van der Waals surface area contributed by atoms with Crippen LogP contribution in [0.3, 0.4) is 0 Å². The third-order valence-corrected chi connectivity index (χ3v) is 3.05. The highest BCUT2D eigenvalue weighted by Gasteiger charge is 2.02. The van der Waals surface area contributed by atoms with Gasteiger partial charge in [0.2, 0.25) is 0 Å². The lowest BCUT2D eigenvalue weighted by Gasteiger charge is -2.08. The Morgan fingerprint density at radius 2 is 1.38 bits per heavy atom. The quantitative estimate of drug-likeness (QED) is 0.581. The molecular weight excluding hydrogens is 292 g/mol. The first-order chi connectivity index (χ1) is 10.0. The van der Waals surface area contributed by atoms with E-state index in [-0.39, 0.29) is 13.2 Å². The van der Waals surface area contributed by atoms with E-state index < -0.39 is 10.1 Å². The maximum Gasteiger partial charge on any atom is 0.264 e. The van der Waals surface area contributed by atoms with Crippen molar-refractivity contribution >= 4 is 10.1 Å². The number of para-hydroxylation sites is 1. The molecule has 2 aromatic carbocycles. The highest BCUT2D eigenvalue weighted by Crippen LogP contribution is 2.23. The second kappa shape index (κ2) is 7.10. The topological polar surface area (TPSA) is 61.8 Å². The maximum atomic E-state index is 10.8. The van der Waals surface area contributed by atoms with E-state index in [0.717, 1.165) is 12.0 Å². The molecule has 0 aromatic heterocycles. The van der Waals surface area contributed by atoms with Gasteiger partial charge in [-0.15, -0.1) is 0 Å². The van der Waals surface area contributed by atoms with Crippen LogP contribution >= 0.6 is 0 Å². The Labute approximate surface area is 124 Å². The molecule has 0 N–H and O–H groups in total. The van der Waals surface area contributed by atoms with Crippen LogP contribution in [-0.4, -0.2) is 27.9 Å². The normalized spacial score (nSPS) is 11.1. The lowest BCUT2D eigenvalue weighted by atomic mass is 10.3. The van der Waals surface area contributed by atoms with Crippen molar-refractivity contribution in [1.29, 1.82) is 0 Å². The fourth-order valence-corrected chi connectivity index (χ4v) is 1.94. The van der Waals surface area contributed by atoms with Gasteiger partial charge < -0.3 is 9.47 Å². The number of ether oxygens (including phenoxy) is 2. The van der Waals surface area contributed by atoms with Gasteiger partial charge in [0.25, 0.3) is 10.1 Å². The molecule has 0 amide bonds. The monoisotopic (exact) mass is 308 g/mol. The second-order valence-electron chi connectivity index (χ2n) is 4.26. The molecule has 6 heteroatoms. The van der Waals surface area contributed by atoms with Crippen LogP contribution in [0.4, 0.5) is 0 Å². The van der Waals surface area contributed by atoms with Crippen molar-refractivity contribution in [1.82, 2.24) is 0 Å². The van der Waals surface area contributed by atoms with Crippen molar-refractivity contribution in [2.24, 2.45) is 0 Å². The first kappa shape index (κ1) is 15.3. The minimum atomic E-state index is -3.42. The summed E-state index contributed by atoms with van der Waals surface area (Å²) in [6, 6.07) is 16.5. The number of benzene rings is 2.